The molecule has 1 fully saturated rings. The molecule has 3 aromatic rings. The maximum atomic E-state index is 13.6. The van der Waals surface area contributed by atoms with Crippen molar-refractivity contribution in [3.8, 4) is 5.75 Å². The van der Waals surface area contributed by atoms with Crippen LogP contribution in [-0.2, 0) is 16.0 Å². The minimum absolute atomic E-state index is 0.0345. The van der Waals surface area contributed by atoms with E-state index in [-0.39, 0.29) is 16.5 Å². The molecule has 1 N–H and O–H groups in total. The number of carbonyl (C=O) groups is 2. The van der Waals surface area contributed by atoms with Gasteiger partial charge < -0.3 is 4.74 Å². The van der Waals surface area contributed by atoms with Crippen molar-refractivity contribution < 1.29 is 18.7 Å². The Labute approximate surface area is 196 Å². The first-order chi connectivity index (χ1) is 16.0. The van der Waals surface area contributed by atoms with Crippen molar-refractivity contribution in [2.45, 2.75) is 13.3 Å². The van der Waals surface area contributed by atoms with E-state index < -0.39 is 11.8 Å². The van der Waals surface area contributed by atoms with Gasteiger partial charge in [-0.1, -0.05) is 42.5 Å². The minimum atomic E-state index is -0.557. The van der Waals surface area contributed by atoms with Gasteiger partial charge in [-0.2, -0.15) is 0 Å². The molecule has 0 unspecified atom stereocenters. The second-order valence-corrected chi connectivity index (χ2v) is 7.79. The molecular weight excluding hydrogens is 439 g/mol. The molecule has 0 aromatic heterocycles. The van der Waals surface area contributed by atoms with Crippen LogP contribution in [0.1, 0.15) is 23.6 Å². The van der Waals surface area contributed by atoms with Crippen molar-refractivity contribution >= 4 is 40.9 Å². The summed E-state index contributed by atoms with van der Waals surface area (Å²) in [7, 11) is 0. The van der Waals surface area contributed by atoms with E-state index in [1.54, 1.807) is 42.5 Å². The summed E-state index contributed by atoms with van der Waals surface area (Å²) < 4.78 is 19.4. The number of nitrogens with one attached hydrogen (secondary N) is 1. The van der Waals surface area contributed by atoms with Gasteiger partial charge in [0, 0.05) is 6.42 Å². The largest absolute Gasteiger partial charge is 0.494 e. The third-order valence-electron chi connectivity index (χ3n) is 5.10. The molecule has 0 atom stereocenters. The first kappa shape index (κ1) is 22.4. The molecule has 0 bridgehead atoms. The summed E-state index contributed by atoms with van der Waals surface area (Å²) >= 11 is 5.22. The maximum Gasteiger partial charge on any atom is 0.270 e. The predicted molar refractivity (Wildman–Crippen MR) is 129 cm³/mol. The van der Waals surface area contributed by atoms with Crippen LogP contribution >= 0.6 is 12.2 Å². The molecule has 0 spiro atoms. The van der Waals surface area contributed by atoms with Crippen molar-refractivity contribution in [2.75, 3.05) is 11.5 Å². The van der Waals surface area contributed by atoms with E-state index in [2.05, 4.69) is 5.32 Å². The van der Waals surface area contributed by atoms with Crippen LogP contribution in [0.4, 0.5) is 10.1 Å². The zero-order valence-corrected chi connectivity index (χ0v) is 18.7. The molecule has 4 rings (SSSR count). The van der Waals surface area contributed by atoms with Gasteiger partial charge in [0.05, 0.1) is 12.3 Å². The lowest BCUT2D eigenvalue weighted by molar-refractivity contribution is -0.122. The van der Waals surface area contributed by atoms with E-state index in [4.69, 9.17) is 17.0 Å². The second kappa shape index (κ2) is 9.75. The van der Waals surface area contributed by atoms with Crippen molar-refractivity contribution in [1.29, 1.82) is 0 Å². The van der Waals surface area contributed by atoms with E-state index in [0.29, 0.717) is 30.0 Å². The Bertz CT molecular complexity index is 1260. The maximum absolute atomic E-state index is 13.6. The Kier molecular flexibility index (Phi) is 6.60. The zero-order valence-electron chi connectivity index (χ0n) is 17.9. The van der Waals surface area contributed by atoms with Gasteiger partial charge in [-0.3, -0.25) is 19.8 Å². The van der Waals surface area contributed by atoms with Gasteiger partial charge in [0.15, 0.2) is 5.11 Å². The monoisotopic (exact) mass is 460 g/mol. The molecule has 7 heteroatoms. The number of halogens is 1. The van der Waals surface area contributed by atoms with Crippen LogP contribution in [-0.4, -0.2) is 23.5 Å². The fourth-order valence-corrected chi connectivity index (χ4v) is 3.88. The first-order valence-corrected chi connectivity index (χ1v) is 10.8. The van der Waals surface area contributed by atoms with Gasteiger partial charge in [0.2, 0.25) is 0 Å². The number of thiocarbonyl (C=S) groups is 1. The highest BCUT2D eigenvalue weighted by Gasteiger charge is 2.34. The highest BCUT2D eigenvalue weighted by Crippen LogP contribution is 2.27. The van der Waals surface area contributed by atoms with Gasteiger partial charge in [-0.05, 0) is 72.2 Å². The summed E-state index contributed by atoms with van der Waals surface area (Å²) in [6.07, 6.45) is 2.00. The lowest BCUT2D eigenvalue weighted by Crippen LogP contribution is -2.54. The summed E-state index contributed by atoms with van der Waals surface area (Å²) in [5.41, 5.74) is 2.85. The average Bonchev–Trinajstić information content (AvgIpc) is 2.79. The molecule has 1 aliphatic rings. The van der Waals surface area contributed by atoms with Crippen LogP contribution in [0.25, 0.3) is 6.08 Å². The Morgan fingerprint density at radius 2 is 1.82 bits per heavy atom. The number of ether oxygens (including phenoxy) is 1. The Balaban J connectivity index is 1.67. The standard InChI is InChI=1S/C26H21FN2O3S/c1-2-32-23-16-18(11-12-19(23)13-17-7-6-8-20(27)14-17)15-22-24(30)28-26(33)29(25(22)31)21-9-4-3-5-10-21/h3-12,14-16H,2,13H2,1H3,(H,28,30,33)/b22-15-. The number of hydrogen-bond donors (Lipinski definition) is 1. The van der Waals surface area contributed by atoms with E-state index in [9.17, 15) is 14.0 Å². The fraction of sp³-hybridized carbons (Fsp3) is 0.115. The van der Waals surface area contributed by atoms with Gasteiger partial charge in [-0.25, -0.2) is 4.39 Å². The average molecular weight is 461 g/mol. The van der Waals surface area contributed by atoms with Crippen molar-refractivity contribution in [1.82, 2.24) is 5.32 Å². The Morgan fingerprint density at radius 3 is 2.55 bits per heavy atom. The summed E-state index contributed by atoms with van der Waals surface area (Å²) in [4.78, 5) is 27.0. The van der Waals surface area contributed by atoms with Gasteiger partial charge in [-0.15, -0.1) is 0 Å². The highest BCUT2D eigenvalue weighted by atomic mass is 32.1. The van der Waals surface area contributed by atoms with Crippen LogP contribution in [0.2, 0.25) is 0 Å². The molecule has 1 heterocycles. The molecule has 0 aliphatic carbocycles. The lowest BCUT2D eigenvalue weighted by atomic mass is 10.0. The lowest BCUT2D eigenvalue weighted by Gasteiger charge is -2.28. The van der Waals surface area contributed by atoms with Gasteiger partial charge in [0.1, 0.15) is 17.1 Å². The molecule has 2 amide bonds. The highest BCUT2D eigenvalue weighted by molar-refractivity contribution is 7.80. The number of amides is 2. The van der Waals surface area contributed by atoms with E-state index in [1.165, 1.54) is 23.1 Å². The van der Waals surface area contributed by atoms with Gasteiger partial charge in [0.25, 0.3) is 11.8 Å². The van der Waals surface area contributed by atoms with Crippen molar-refractivity contribution in [2.24, 2.45) is 0 Å². The number of para-hydroxylation sites is 1. The second-order valence-electron chi connectivity index (χ2n) is 7.40. The summed E-state index contributed by atoms with van der Waals surface area (Å²) in [6, 6.07) is 20.7. The molecule has 5 nitrogen and oxygen atoms in total. The smallest absolute Gasteiger partial charge is 0.270 e. The molecule has 1 saturated heterocycles. The number of hydrogen-bond acceptors (Lipinski definition) is 4. The van der Waals surface area contributed by atoms with Crippen LogP contribution in [0.15, 0.2) is 78.4 Å². The summed E-state index contributed by atoms with van der Waals surface area (Å²) in [6.45, 7) is 2.31. The topological polar surface area (TPSA) is 58.6 Å². The normalized spacial score (nSPS) is 15.0. The van der Waals surface area contributed by atoms with Crippen molar-refractivity contribution in [3.05, 3.63) is 101 Å². The van der Waals surface area contributed by atoms with Gasteiger partial charge >= 0.3 is 0 Å². The van der Waals surface area contributed by atoms with Crippen LogP contribution in [0.5, 0.6) is 5.75 Å². The summed E-state index contributed by atoms with van der Waals surface area (Å²) in [5, 5.41) is 2.62. The Morgan fingerprint density at radius 1 is 1.03 bits per heavy atom. The number of nitrogens with zero attached hydrogens (tertiary/aromatic N) is 1. The molecule has 0 saturated carbocycles. The molecule has 3 aromatic carbocycles. The molecule has 166 valence electrons. The molecule has 1 aliphatic heterocycles. The van der Waals surface area contributed by atoms with E-state index in [1.807, 2.05) is 25.1 Å². The van der Waals surface area contributed by atoms with Crippen LogP contribution in [0.3, 0.4) is 0 Å². The summed E-state index contributed by atoms with van der Waals surface area (Å²) in [5.74, 6) is -0.750. The third kappa shape index (κ3) is 4.99. The van der Waals surface area contributed by atoms with E-state index in [0.717, 1.165) is 11.1 Å². The first-order valence-electron chi connectivity index (χ1n) is 10.4. The van der Waals surface area contributed by atoms with Crippen LogP contribution < -0.4 is 15.0 Å². The van der Waals surface area contributed by atoms with Crippen LogP contribution in [0, 0.1) is 5.82 Å². The number of anilines is 1. The number of benzene rings is 3. The zero-order chi connectivity index (χ0) is 23.4. The van der Waals surface area contributed by atoms with Crippen molar-refractivity contribution in [3.63, 3.8) is 0 Å². The SMILES string of the molecule is CCOc1cc(/C=C2/C(=O)NC(=S)N(c3ccccc3)C2=O)ccc1Cc1cccc(F)c1. The number of carbonyl (C=O) groups excluding carboxylic acids is 2. The number of rotatable bonds is 6. The third-order valence-corrected chi connectivity index (χ3v) is 5.39. The Hall–Kier alpha value is -3.84. The predicted octanol–water partition coefficient (Wildman–Crippen LogP) is 4.65. The van der Waals surface area contributed by atoms with E-state index >= 15 is 0 Å². The minimum Gasteiger partial charge on any atom is -0.494 e. The molecule has 0 radical (unpaired) electrons. The molecule has 33 heavy (non-hydrogen) atoms. The fourth-order valence-electron chi connectivity index (χ4n) is 3.60. The molecular formula is C26H21FN2O3S. The quantitative estimate of drug-likeness (QED) is 0.331.